The Bertz CT molecular complexity index is 1260. The Labute approximate surface area is 221 Å². The van der Waals surface area contributed by atoms with Crippen molar-refractivity contribution in [2.45, 2.75) is 44.3 Å². The minimum atomic E-state index is 0.387. The van der Waals surface area contributed by atoms with Crippen molar-refractivity contribution in [3.8, 4) is 5.75 Å². The van der Waals surface area contributed by atoms with Crippen LogP contribution in [0.3, 0.4) is 0 Å². The molecule has 1 fully saturated rings. The van der Waals surface area contributed by atoms with Crippen molar-refractivity contribution in [3.63, 3.8) is 0 Å². The highest BCUT2D eigenvalue weighted by atomic mass is 16.5. The average molecular weight is 494 g/mol. The summed E-state index contributed by atoms with van der Waals surface area (Å²) in [6.45, 7) is 4.09. The number of methoxy groups -OCH3 is 1. The van der Waals surface area contributed by atoms with E-state index in [9.17, 15) is 0 Å². The highest BCUT2D eigenvalue weighted by molar-refractivity contribution is 5.85. The normalized spacial score (nSPS) is 18.1. The van der Waals surface area contributed by atoms with Gasteiger partial charge in [0.15, 0.2) is 0 Å². The second-order valence-corrected chi connectivity index (χ2v) is 10.0. The molecule has 0 spiro atoms. The molecule has 0 radical (unpaired) electrons. The zero-order valence-electron chi connectivity index (χ0n) is 21.9. The molecule has 0 aliphatic carbocycles. The second kappa shape index (κ2) is 12.8. The van der Waals surface area contributed by atoms with Crippen LogP contribution in [0.15, 0.2) is 97.1 Å². The second-order valence-electron chi connectivity index (χ2n) is 10.0. The molecular weight excluding hydrogens is 454 g/mol. The maximum absolute atomic E-state index is 5.59. The van der Waals surface area contributed by atoms with Gasteiger partial charge < -0.3 is 15.4 Å². The van der Waals surface area contributed by atoms with E-state index < -0.39 is 0 Å². The molecule has 4 aromatic carbocycles. The number of benzene rings is 4. The first-order chi connectivity index (χ1) is 18.3. The van der Waals surface area contributed by atoms with E-state index in [0.717, 1.165) is 38.3 Å². The number of hydrogen-bond donors (Lipinski definition) is 2. The zero-order valence-corrected chi connectivity index (χ0v) is 21.9. The Morgan fingerprint density at radius 2 is 1.62 bits per heavy atom. The predicted molar refractivity (Wildman–Crippen MR) is 155 cm³/mol. The zero-order chi connectivity index (χ0) is 25.3. The molecule has 1 saturated heterocycles. The SMILES string of the molecule is COc1ccccc1CNC1CCCN(CCCCNc2ccc3ccccc3c2)C1c1ccccc1. The van der Waals surface area contributed by atoms with E-state index in [-0.39, 0.29) is 0 Å². The first-order valence-electron chi connectivity index (χ1n) is 13.7. The quantitative estimate of drug-likeness (QED) is 0.220. The Morgan fingerprint density at radius 3 is 2.49 bits per heavy atom. The third-order valence-corrected chi connectivity index (χ3v) is 7.57. The lowest BCUT2D eigenvalue weighted by molar-refractivity contribution is 0.109. The molecule has 4 nitrogen and oxygen atoms in total. The van der Waals surface area contributed by atoms with Gasteiger partial charge in [0.05, 0.1) is 13.2 Å². The van der Waals surface area contributed by atoms with E-state index in [0.29, 0.717) is 12.1 Å². The lowest BCUT2D eigenvalue weighted by atomic mass is 9.89. The molecule has 0 amide bonds. The Balaban J connectivity index is 1.18. The fraction of sp³-hybridized carbons (Fsp3) is 0.333. The van der Waals surface area contributed by atoms with E-state index >= 15 is 0 Å². The lowest BCUT2D eigenvalue weighted by Gasteiger charge is -2.42. The average Bonchev–Trinajstić information content (AvgIpc) is 2.96. The molecule has 192 valence electrons. The molecule has 1 heterocycles. The molecule has 1 aliphatic heterocycles. The summed E-state index contributed by atoms with van der Waals surface area (Å²) in [4.78, 5) is 2.70. The van der Waals surface area contributed by atoms with E-state index in [1.165, 1.54) is 46.8 Å². The fourth-order valence-electron chi connectivity index (χ4n) is 5.69. The molecule has 0 bridgehead atoms. The molecule has 4 aromatic rings. The van der Waals surface area contributed by atoms with Crippen LogP contribution in [0.25, 0.3) is 10.8 Å². The molecule has 2 unspecified atom stereocenters. The predicted octanol–water partition coefficient (Wildman–Crippen LogP) is 7.04. The number of hydrogen-bond acceptors (Lipinski definition) is 4. The Hall–Kier alpha value is -3.34. The van der Waals surface area contributed by atoms with Crippen molar-refractivity contribution in [2.75, 3.05) is 32.1 Å². The number of nitrogens with zero attached hydrogens (tertiary/aromatic N) is 1. The van der Waals surface area contributed by atoms with Gasteiger partial charge >= 0.3 is 0 Å². The number of ether oxygens (including phenoxy) is 1. The first kappa shape index (κ1) is 25.3. The van der Waals surface area contributed by atoms with Crippen LogP contribution in [-0.2, 0) is 6.54 Å². The standard InChI is InChI=1S/C33H39N3O/c1-37-32-18-8-7-16-29(32)25-35-31-17-11-23-36(33(31)27-13-3-2-4-14-27)22-10-9-21-34-30-20-19-26-12-5-6-15-28(26)24-30/h2-8,12-16,18-20,24,31,33-35H,9-11,17,21-23,25H2,1H3. The van der Waals surface area contributed by atoms with Gasteiger partial charge in [-0.25, -0.2) is 0 Å². The summed E-state index contributed by atoms with van der Waals surface area (Å²) in [7, 11) is 1.75. The van der Waals surface area contributed by atoms with Gasteiger partial charge in [-0.1, -0.05) is 78.9 Å². The molecule has 1 aliphatic rings. The maximum Gasteiger partial charge on any atom is 0.123 e. The van der Waals surface area contributed by atoms with E-state index in [1.807, 2.05) is 12.1 Å². The van der Waals surface area contributed by atoms with Gasteiger partial charge in [0, 0.05) is 30.4 Å². The summed E-state index contributed by atoms with van der Waals surface area (Å²) in [6, 6.07) is 35.4. The highest BCUT2D eigenvalue weighted by Gasteiger charge is 2.32. The van der Waals surface area contributed by atoms with Crippen molar-refractivity contribution in [2.24, 2.45) is 0 Å². The number of likely N-dealkylation sites (tertiary alicyclic amines) is 1. The summed E-state index contributed by atoms with van der Waals surface area (Å²) in [5.41, 5.74) is 3.84. The van der Waals surface area contributed by atoms with Gasteiger partial charge in [-0.15, -0.1) is 0 Å². The largest absolute Gasteiger partial charge is 0.496 e. The molecule has 4 heteroatoms. The van der Waals surface area contributed by atoms with Crippen molar-refractivity contribution in [1.82, 2.24) is 10.2 Å². The van der Waals surface area contributed by atoms with E-state index in [4.69, 9.17) is 4.74 Å². The topological polar surface area (TPSA) is 36.5 Å². The van der Waals surface area contributed by atoms with E-state index in [1.54, 1.807) is 7.11 Å². The Morgan fingerprint density at radius 1 is 0.838 bits per heavy atom. The van der Waals surface area contributed by atoms with Crippen LogP contribution in [0.2, 0.25) is 0 Å². The van der Waals surface area contributed by atoms with E-state index in [2.05, 4.69) is 100 Å². The fourth-order valence-corrected chi connectivity index (χ4v) is 5.69. The summed E-state index contributed by atoms with van der Waals surface area (Å²) in [5.74, 6) is 0.956. The van der Waals surface area contributed by atoms with Gasteiger partial charge in [0.2, 0.25) is 0 Å². The van der Waals surface area contributed by atoms with Gasteiger partial charge in [0.1, 0.15) is 5.75 Å². The minimum absolute atomic E-state index is 0.387. The van der Waals surface area contributed by atoms with Crippen LogP contribution >= 0.6 is 0 Å². The molecule has 2 N–H and O–H groups in total. The van der Waals surface area contributed by atoms with Crippen molar-refractivity contribution in [3.05, 3.63) is 108 Å². The smallest absolute Gasteiger partial charge is 0.123 e. The molecule has 0 saturated carbocycles. The van der Waals surface area contributed by atoms with Crippen LogP contribution < -0.4 is 15.4 Å². The van der Waals surface area contributed by atoms with Crippen LogP contribution in [0.4, 0.5) is 5.69 Å². The molecule has 0 aromatic heterocycles. The lowest BCUT2D eigenvalue weighted by Crippen LogP contribution is -2.48. The van der Waals surface area contributed by atoms with Crippen LogP contribution in [-0.4, -0.2) is 37.7 Å². The van der Waals surface area contributed by atoms with Gasteiger partial charge in [-0.2, -0.15) is 0 Å². The van der Waals surface area contributed by atoms with Gasteiger partial charge in [0.25, 0.3) is 0 Å². The van der Waals surface area contributed by atoms with Crippen LogP contribution in [0, 0.1) is 0 Å². The number of anilines is 1. The summed E-state index contributed by atoms with van der Waals surface area (Å²) in [6.07, 6.45) is 4.75. The number of unbranched alkanes of at least 4 members (excludes halogenated alkanes) is 1. The van der Waals surface area contributed by atoms with Crippen molar-refractivity contribution < 1.29 is 4.74 Å². The van der Waals surface area contributed by atoms with Crippen molar-refractivity contribution >= 4 is 16.5 Å². The van der Waals surface area contributed by atoms with Crippen LogP contribution in [0.5, 0.6) is 5.75 Å². The van der Waals surface area contributed by atoms with Crippen LogP contribution in [0.1, 0.15) is 42.9 Å². The first-order valence-corrected chi connectivity index (χ1v) is 13.7. The summed E-state index contributed by atoms with van der Waals surface area (Å²) in [5, 5.41) is 10.1. The van der Waals surface area contributed by atoms with Gasteiger partial charge in [-0.3, -0.25) is 4.90 Å². The number of para-hydroxylation sites is 1. The summed E-state index contributed by atoms with van der Waals surface area (Å²) < 4.78 is 5.59. The molecule has 5 rings (SSSR count). The number of piperidine rings is 1. The highest BCUT2D eigenvalue weighted by Crippen LogP contribution is 2.32. The number of nitrogens with one attached hydrogen (secondary N) is 2. The number of fused-ring (bicyclic) bond motifs is 1. The molecule has 37 heavy (non-hydrogen) atoms. The third-order valence-electron chi connectivity index (χ3n) is 7.57. The number of rotatable bonds is 11. The van der Waals surface area contributed by atoms with Crippen molar-refractivity contribution in [1.29, 1.82) is 0 Å². The minimum Gasteiger partial charge on any atom is -0.496 e. The maximum atomic E-state index is 5.59. The third kappa shape index (κ3) is 6.51. The molecular formula is C33H39N3O. The van der Waals surface area contributed by atoms with Gasteiger partial charge in [-0.05, 0) is 73.3 Å². The monoisotopic (exact) mass is 493 g/mol. The Kier molecular flexibility index (Phi) is 8.73. The summed E-state index contributed by atoms with van der Waals surface area (Å²) >= 11 is 0. The molecule has 2 atom stereocenters.